The molecule has 1 aromatic heterocycles. The molecule has 0 aliphatic carbocycles. The summed E-state index contributed by atoms with van der Waals surface area (Å²) >= 11 is 6.22. The van der Waals surface area contributed by atoms with Gasteiger partial charge in [-0.25, -0.2) is 9.48 Å². The van der Waals surface area contributed by atoms with Crippen molar-refractivity contribution in [2.45, 2.75) is 45.3 Å². The fraction of sp³-hybridized carbons (Fsp3) is 0.438. The smallest absolute Gasteiger partial charge is 0.319 e. The lowest BCUT2D eigenvalue weighted by molar-refractivity contribution is -0.131. The van der Waals surface area contributed by atoms with E-state index in [1.54, 1.807) is 35.9 Å². The number of rotatable bonds is 6. The summed E-state index contributed by atoms with van der Waals surface area (Å²) < 4.78 is 1.62. The number of tetrazole rings is 1. The molecule has 2 aromatic rings. The lowest BCUT2D eigenvalue weighted by Crippen LogP contribution is -2.41. The number of imide groups is 1. The topological polar surface area (TPSA) is 93.0 Å². The van der Waals surface area contributed by atoms with Gasteiger partial charge in [-0.1, -0.05) is 43.1 Å². The van der Waals surface area contributed by atoms with Gasteiger partial charge in [0.25, 0.3) is 5.91 Å². The van der Waals surface area contributed by atoms with Gasteiger partial charge in [-0.05, 0) is 29.8 Å². The van der Waals surface area contributed by atoms with Gasteiger partial charge in [0.1, 0.15) is 5.54 Å². The van der Waals surface area contributed by atoms with Crippen molar-refractivity contribution in [1.29, 1.82) is 0 Å². The van der Waals surface area contributed by atoms with Gasteiger partial charge in [0, 0.05) is 17.1 Å². The van der Waals surface area contributed by atoms with Gasteiger partial charge in [0.05, 0.1) is 6.54 Å². The van der Waals surface area contributed by atoms with E-state index in [2.05, 4.69) is 27.8 Å². The third-order valence-electron chi connectivity index (χ3n) is 4.32. The largest absolute Gasteiger partial charge is 0.325 e. The molecule has 2 heterocycles. The Labute approximate surface area is 150 Å². The first-order valence-electron chi connectivity index (χ1n) is 8.11. The van der Waals surface area contributed by atoms with Crippen LogP contribution in [-0.2, 0) is 23.4 Å². The Morgan fingerprint density at radius 2 is 2.04 bits per heavy atom. The van der Waals surface area contributed by atoms with E-state index in [4.69, 9.17) is 11.6 Å². The molecule has 8 nitrogen and oxygen atoms in total. The highest BCUT2D eigenvalue weighted by Crippen LogP contribution is 2.33. The number of amides is 3. The van der Waals surface area contributed by atoms with E-state index >= 15 is 0 Å². The van der Waals surface area contributed by atoms with Crippen molar-refractivity contribution < 1.29 is 9.59 Å². The quantitative estimate of drug-likeness (QED) is 0.794. The van der Waals surface area contributed by atoms with Gasteiger partial charge in [-0.2, -0.15) is 0 Å². The lowest BCUT2D eigenvalue weighted by Gasteiger charge is -2.23. The molecule has 1 aliphatic rings. The summed E-state index contributed by atoms with van der Waals surface area (Å²) in [5, 5.41) is 14.7. The van der Waals surface area contributed by atoms with Gasteiger partial charge in [0.15, 0.2) is 5.82 Å². The molecule has 0 radical (unpaired) electrons. The molecule has 0 unspecified atom stereocenters. The average molecular weight is 363 g/mol. The molecule has 3 rings (SSSR count). The predicted octanol–water partition coefficient (Wildman–Crippen LogP) is 2.09. The van der Waals surface area contributed by atoms with Crippen LogP contribution in [0.1, 0.15) is 38.1 Å². The molecule has 0 spiro atoms. The minimum atomic E-state index is -1.21. The molecule has 1 saturated heterocycles. The number of nitrogens with zero attached hydrogens (tertiary/aromatic N) is 5. The number of carbonyl (C=O) groups excluding carboxylic acids is 2. The molecule has 1 fully saturated rings. The van der Waals surface area contributed by atoms with Crippen molar-refractivity contribution in [3.05, 3.63) is 40.7 Å². The zero-order valence-electron chi connectivity index (χ0n) is 14.1. The molecule has 1 aromatic carbocycles. The third kappa shape index (κ3) is 3.09. The minimum Gasteiger partial charge on any atom is -0.319 e. The SMILES string of the molecule is CCCCn1nnnc1CN1C(=O)N[C@](C)(c2ccccc2Cl)C1=O. The molecule has 0 saturated carbocycles. The Morgan fingerprint density at radius 1 is 1.28 bits per heavy atom. The molecule has 9 heteroatoms. The monoisotopic (exact) mass is 362 g/mol. The molecule has 25 heavy (non-hydrogen) atoms. The predicted molar refractivity (Wildman–Crippen MR) is 90.6 cm³/mol. The second-order valence-electron chi connectivity index (χ2n) is 6.10. The summed E-state index contributed by atoms with van der Waals surface area (Å²) in [5.41, 5.74) is -0.653. The van der Waals surface area contributed by atoms with E-state index in [9.17, 15) is 9.59 Å². The fourth-order valence-electron chi connectivity index (χ4n) is 2.85. The van der Waals surface area contributed by atoms with Gasteiger partial charge < -0.3 is 5.32 Å². The van der Waals surface area contributed by atoms with Crippen LogP contribution < -0.4 is 5.32 Å². The van der Waals surface area contributed by atoms with E-state index in [0.717, 1.165) is 17.7 Å². The first kappa shape index (κ1) is 17.3. The highest BCUT2D eigenvalue weighted by atomic mass is 35.5. The number of urea groups is 1. The number of aromatic nitrogens is 4. The van der Waals surface area contributed by atoms with Crippen molar-refractivity contribution in [2.24, 2.45) is 0 Å². The van der Waals surface area contributed by atoms with E-state index in [-0.39, 0.29) is 12.5 Å². The zero-order valence-corrected chi connectivity index (χ0v) is 14.8. The van der Waals surface area contributed by atoms with Crippen LogP contribution in [0.15, 0.2) is 24.3 Å². The second kappa shape index (κ2) is 6.79. The number of hydrogen-bond donors (Lipinski definition) is 1. The number of halogens is 1. The molecule has 0 bridgehead atoms. The maximum absolute atomic E-state index is 12.9. The average Bonchev–Trinajstić information content (AvgIpc) is 3.12. The summed E-state index contributed by atoms with van der Waals surface area (Å²) in [6.07, 6.45) is 1.91. The van der Waals surface area contributed by atoms with Gasteiger partial charge in [0.2, 0.25) is 0 Å². The standard InChI is InChI=1S/C16H19ClN6O2/c1-3-4-9-23-13(19-20-21-23)10-22-14(24)16(2,18-15(22)25)11-7-5-6-8-12(11)17/h5-8H,3-4,9-10H2,1-2H3,(H,18,25)/t16-/m1/s1. The minimum absolute atomic E-state index is 0.0153. The van der Waals surface area contributed by atoms with E-state index in [1.165, 1.54) is 0 Å². The molecule has 132 valence electrons. The van der Waals surface area contributed by atoms with Crippen LogP contribution in [0.2, 0.25) is 5.02 Å². The summed E-state index contributed by atoms with van der Waals surface area (Å²) in [5.74, 6) is 0.0935. The van der Waals surface area contributed by atoms with Crippen molar-refractivity contribution in [1.82, 2.24) is 30.4 Å². The molecule has 3 amide bonds. The van der Waals surface area contributed by atoms with Crippen LogP contribution in [0, 0.1) is 0 Å². The van der Waals surface area contributed by atoms with Crippen molar-refractivity contribution in [2.75, 3.05) is 0 Å². The maximum atomic E-state index is 12.9. The number of unbranched alkanes of at least 4 members (excludes halogenated alkanes) is 1. The van der Waals surface area contributed by atoms with Gasteiger partial charge in [-0.3, -0.25) is 9.69 Å². The fourth-order valence-corrected chi connectivity index (χ4v) is 3.17. The molecule has 1 aliphatic heterocycles. The summed E-state index contributed by atoms with van der Waals surface area (Å²) in [4.78, 5) is 26.5. The van der Waals surface area contributed by atoms with E-state index in [1.807, 2.05) is 0 Å². The molecule has 1 N–H and O–H groups in total. The zero-order chi connectivity index (χ0) is 18.0. The summed E-state index contributed by atoms with van der Waals surface area (Å²) in [6, 6.07) is 6.48. The maximum Gasteiger partial charge on any atom is 0.325 e. The number of aryl methyl sites for hydroxylation is 1. The van der Waals surface area contributed by atoms with Crippen LogP contribution >= 0.6 is 11.6 Å². The normalized spacial score (nSPS) is 20.2. The Balaban J connectivity index is 1.85. The van der Waals surface area contributed by atoms with Crippen LogP contribution in [0.4, 0.5) is 4.79 Å². The summed E-state index contributed by atoms with van der Waals surface area (Å²) in [7, 11) is 0. The molecular weight excluding hydrogens is 344 g/mol. The van der Waals surface area contributed by atoms with E-state index < -0.39 is 11.6 Å². The van der Waals surface area contributed by atoms with Gasteiger partial charge >= 0.3 is 6.03 Å². The van der Waals surface area contributed by atoms with Crippen LogP contribution in [-0.4, -0.2) is 37.0 Å². The molecule has 1 atom stereocenters. The Kier molecular flexibility index (Phi) is 4.71. The van der Waals surface area contributed by atoms with Crippen molar-refractivity contribution in [3.8, 4) is 0 Å². The van der Waals surface area contributed by atoms with Gasteiger partial charge in [-0.15, -0.1) is 5.10 Å². The van der Waals surface area contributed by atoms with Crippen molar-refractivity contribution in [3.63, 3.8) is 0 Å². The number of nitrogens with one attached hydrogen (secondary N) is 1. The first-order chi connectivity index (χ1) is 12.0. The highest BCUT2D eigenvalue weighted by Gasteiger charge is 2.50. The number of hydrogen-bond acceptors (Lipinski definition) is 5. The number of benzene rings is 1. The van der Waals surface area contributed by atoms with Crippen molar-refractivity contribution >= 4 is 23.5 Å². The number of carbonyl (C=O) groups is 2. The highest BCUT2D eigenvalue weighted by molar-refractivity contribution is 6.32. The Hall–Kier alpha value is -2.48. The summed E-state index contributed by atoms with van der Waals surface area (Å²) in [6.45, 7) is 4.37. The second-order valence-corrected chi connectivity index (χ2v) is 6.51. The Morgan fingerprint density at radius 3 is 2.76 bits per heavy atom. The third-order valence-corrected chi connectivity index (χ3v) is 4.65. The van der Waals surface area contributed by atoms with Crippen LogP contribution in [0.3, 0.4) is 0 Å². The lowest BCUT2D eigenvalue weighted by atomic mass is 9.92. The van der Waals surface area contributed by atoms with E-state index in [0.29, 0.717) is 23.0 Å². The van der Waals surface area contributed by atoms with Crippen LogP contribution in [0.25, 0.3) is 0 Å². The Bertz CT molecular complexity index is 807. The first-order valence-corrected chi connectivity index (χ1v) is 8.49. The van der Waals surface area contributed by atoms with Crippen LogP contribution in [0.5, 0.6) is 0 Å². The molecular formula is C16H19ClN6O2.